The molecule has 0 aliphatic heterocycles. The van der Waals surface area contributed by atoms with E-state index in [2.05, 4.69) is 5.43 Å². The quantitative estimate of drug-likeness (QED) is 0.424. The Balaban J connectivity index is 2.74. The summed E-state index contributed by atoms with van der Waals surface area (Å²) in [4.78, 5) is 22.7. The van der Waals surface area contributed by atoms with Crippen molar-refractivity contribution in [3.8, 4) is 0 Å². The third kappa shape index (κ3) is 4.99. The van der Waals surface area contributed by atoms with Crippen LogP contribution in [0.5, 0.6) is 0 Å². The van der Waals surface area contributed by atoms with Gasteiger partial charge in [0.1, 0.15) is 11.6 Å². The molecule has 0 saturated heterocycles. The number of carbonyl (C=O) groups excluding carboxylic acids is 1. The second-order valence-corrected chi connectivity index (χ2v) is 5.46. The van der Waals surface area contributed by atoms with Crippen LogP contribution in [0, 0.1) is 0 Å². The molecule has 0 spiro atoms. The van der Waals surface area contributed by atoms with E-state index in [1.807, 2.05) is 0 Å². The highest BCUT2D eigenvalue weighted by Crippen LogP contribution is 2.13. The molecule has 6 heteroatoms. The maximum Gasteiger partial charge on any atom is 0.338 e. The van der Waals surface area contributed by atoms with E-state index in [1.54, 1.807) is 45.0 Å². The van der Waals surface area contributed by atoms with Crippen LogP contribution in [-0.2, 0) is 16.0 Å². The monoisotopic (exact) mass is 280 g/mol. The van der Waals surface area contributed by atoms with E-state index in [1.165, 1.54) is 0 Å². The molecule has 1 rings (SSSR count). The molecule has 0 unspecified atom stereocenters. The summed E-state index contributed by atoms with van der Waals surface area (Å²) in [5, 5.41) is 8.89. The van der Waals surface area contributed by atoms with E-state index in [-0.39, 0.29) is 6.42 Å². The number of carboxylic acids is 1. The fourth-order valence-electron chi connectivity index (χ4n) is 1.57. The number of carbonyl (C=O) groups is 2. The second-order valence-electron chi connectivity index (χ2n) is 5.46. The summed E-state index contributed by atoms with van der Waals surface area (Å²) in [6, 6.07) is 5.74. The van der Waals surface area contributed by atoms with E-state index in [0.29, 0.717) is 5.56 Å². The van der Waals surface area contributed by atoms with Gasteiger partial charge in [-0.1, -0.05) is 12.1 Å². The number of carboxylic acid groups (broad SMARTS) is 1. The predicted molar refractivity (Wildman–Crippen MR) is 74.1 cm³/mol. The van der Waals surface area contributed by atoms with Gasteiger partial charge < -0.3 is 9.84 Å². The highest BCUT2D eigenvalue weighted by molar-refractivity contribution is 5.89. The smallest absolute Gasteiger partial charge is 0.338 e. The lowest BCUT2D eigenvalue weighted by Crippen LogP contribution is -2.42. The number of nitrogens with one attached hydrogen (secondary N) is 1. The third-order valence-electron chi connectivity index (χ3n) is 2.53. The van der Waals surface area contributed by atoms with E-state index < -0.39 is 23.6 Å². The van der Waals surface area contributed by atoms with Crippen LogP contribution >= 0.6 is 0 Å². The van der Waals surface area contributed by atoms with Gasteiger partial charge in [-0.25, -0.2) is 10.2 Å². The Morgan fingerprint density at radius 1 is 1.30 bits per heavy atom. The summed E-state index contributed by atoms with van der Waals surface area (Å²) >= 11 is 0. The first kappa shape index (κ1) is 16.1. The van der Waals surface area contributed by atoms with Crippen molar-refractivity contribution in [3.63, 3.8) is 0 Å². The van der Waals surface area contributed by atoms with Crippen molar-refractivity contribution in [2.24, 2.45) is 5.84 Å². The largest absolute Gasteiger partial charge is 0.480 e. The van der Waals surface area contributed by atoms with Crippen molar-refractivity contribution >= 4 is 11.9 Å². The number of hydrogen-bond donors (Lipinski definition) is 3. The normalized spacial score (nSPS) is 12.8. The van der Waals surface area contributed by atoms with Gasteiger partial charge >= 0.3 is 11.9 Å². The van der Waals surface area contributed by atoms with Gasteiger partial charge in [0.05, 0.1) is 5.56 Å². The fourth-order valence-corrected chi connectivity index (χ4v) is 1.57. The minimum Gasteiger partial charge on any atom is -0.480 e. The van der Waals surface area contributed by atoms with Crippen molar-refractivity contribution in [2.45, 2.75) is 38.8 Å². The van der Waals surface area contributed by atoms with E-state index in [0.717, 1.165) is 5.56 Å². The van der Waals surface area contributed by atoms with Gasteiger partial charge in [-0.05, 0) is 44.9 Å². The van der Waals surface area contributed by atoms with Crippen molar-refractivity contribution in [2.75, 3.05) is 0 Å². The third-order valence-corrected chi connectivity index (χ3v) is 2.53. The molecule has 0 aromatic heterocycles. The van der Waals surface area contributed by atoms with Crippen molar-refractivity contribution < 1.29 is 19.4 Å². The summed E-state index contributed by atoms with van der Waals surface area (Å²) < 4.78 is 5.24. The van der Waals surface area contributed by atoms with E-state index in [4.69, 9.17) is 15.7 Å². The maximum absolute atomic E-state index is 11.8. The molecule has 0 aliphatic carbocycles. The number of ether oxygens (including phenoxy) is 1. The van der Waals surface area contributed by atoms with Gasteiger partial charge in [-0.15, -0.1) is 0 Å². The van der Waals surface area contributed by atoms with Crippen molar-refractivity contribution in [1.82, 2.24) is 5.43 Å². The molecule has 0 heterocycles. The maximum atomic E-state index is 11.8. The zero-order valence-electron chi connectivity index (χ0n) is 11.8. The standard InChI is InChI=1S/C14H20N2O4/c1-14(2,3)20-13(19)10-6-4-9(5-7-10)8-11(16-15)12(17)18/h4-7,11,16H,8,15H2,1-3H3,(H,17,18)/t11-/m0/s1. The zero-order chi connectivity index (χ0) is 15.3. The van der Waals surface area contributed by atoms with Gasteiger partial charge in [-0.3, -0.25) is 10.6 Å². The molecule has 110 valence electrons. The molecule has 1 atom stereocenters. The molecule has 0 fully saturated rings. The Kier molecular flexibility index (Phi) is 5.24. The highest BCUT2D eigenvalue weighted by atomic mass is 16.6. The van der Waals surface area contributed by atoms with Crippen LogP contribution in [0.1, 0.15) is 36.7 Å². The molecule has 0 aliphatic rings. The van der Waals surface area contributed by atoms with Crippen LogP contribution in [0.2, 0.25) is 0 Å². The Hall–Kier alpha value is -1.92. The van der Waals surface area contributed by atoms with Crippen LogP contribution in [0.15, 0.2) is 24.3 Å². The van der Waals surface area contributed by atoms with Crippen LogP contribution in [-0.4, -0.2) is 28.7 Å². The van der Waals surface area contributed by atoms with Gasteiger partial charge in [0.25, 0.3) is 0 Å². The molecule has 1 aromatic rings. The van der Waals surface area contributed by atoms with Gasteiger partial charge in [0.2, 0.25) is 0 Å². The van der Waals surface area contributed by atoms with E-state index >= 15 is 0 Å². The number of esters is 1. The number of rotatable bonds is 5. The topological polar surface area (TPSA) is 102 Å². The summed E-state index contributed by atoms with van der Waals surface area (Å²) in [6.45, 7) is 5.39. The van der Waals surface area contributed by atoms with E-state index in [9.17, 15) is 9.59 Å². The van der Waals surface area contributed by atoms with Crippen LogP contribution < -0.4 is 11.3 Å². The first-order valence-corrected chi connectivity index (χ1v) is 6.24. The lowest BCUT2D eigenvalue weighted by atomic mass is 10.0. The van der Waals surface area contributed by atoms with Crippen LogP contribution in [0.3, 0.4) is 0 Å². The Labute approximate surface area is 117 Å². The lowest BCUT2D eigenvalue weighted by molar-refractivity contribution is -0.139. The highest BCUT2D eigenvalue weighted by Gasteiger charge is 2.19. The molecule has 4 N–H and O–H groups in total. The number of hydrazine groups is 1. The predicted octanol–water partition coefficient (Wildman–Crippen LogP) is 1.10. The van der Waals surface area contributed by atoms with Crippen LogP contribution in [0.25, 0.3) is 0 Å². The number of nitrogens with two attached hydrogens (primary N) is 1. The molecule has 0 bridgehead atoms. The fraction of sp³-hybridized carbons (Fsp3) is 0.429. The van der Waals surface area contributed by atoms with Gasteiger partial charge in [0, 0.05) is 0 Å². The average Bonchev–Trinajstić information content (AvgIpc) is 2.34. The molecule has 1 aromatic carbocycles. The molecule has 0 radical (unpaired) electrons. The summed E-state index contributed by atoms with van der Waals surface area (Å²) in [7, 11) is 0. The molecule has 6 nitrogen and oxygen atoms in total. The molecule has 20 heavy (non-hydrogen) atoms. The molecular formula is C14H20N2O4. The molecule has 0 amide bonds. The molecular weight excluding hydrogens is 260 g/mol. The summed E-state index contributed by atoms with van der Waals surface area (Å²) in [5.74, 6) is 3.73. The Bertz CT molecular complexity index is 477. The number of aliphatic carboxylic acids is 1. The minimum absolute atomic E-state index is 0.237. The number of benzene rings is 1. The van der Waals surface area contributed by atoms with Crippen LogP contribution in [0.4, 0.5) is 0 Å². The lowest BCUT2D eigenvalue weighted by Gasteiger charge is -2.19. The first-order valence-electron chi connectivity index (χ1n) is 6.24. The summed E-state index contributed by atoms with van der Waals surface area (Å²) in [5.41, 5.74) is 2.87. The second kappa shape index (κ2) is 6.49. The average molecular weight is 280 g/mol. The van der Waals surface area contributed by atoms with Crippen molar-refractivity contribution in [3.05, 3.63) is 35.4 Å². The Morgan fingerprint density at radius 2 is 1.85 bits per heavy atom. The summed E-state index contributed by atoms with van der Waals surface area (Å²) in [6.07, 6.45) is 0.237. The zero-order valence-corrected chi connectivity index (χ0v) is 11.8. The SMILES string of the molecule is CC(C)(C)OC(=O)c1ccc(C[C@H](NN)C(=O)O)cc1. The first-order chi connectivity index (χ1) is 9.23. The van der Waals surface area contributed by atoms with Crippen molar-refractivity contribution in [1.29, 1.82) is 0 Å². The minimum atomic E-state index is -1.02. The van der Waals surface area contributed by atoms with Gasteiger partial charge in [0.15, 0.2) is 0 Å². The molecule has 0 saturated carbocycles. The Morgan fingerprint density at radius 3 is 2.25 bits per heavy atom. The van der Waals surface area contributed by atoms with Gasteiger partial charge in [-0.2, -0.15) is 0 Å². The number of hydrogen-bond acceptors (Lipinski definition) is 5.